The van der Waals surface area contributed by atoms with E-state index in [1.807, 2.05) is 6.92 Å². The number of carbonyl (C=O) groups excluding carboxylic acids is 2. The number of aliphatic hydroxyl groups excluding tert-OH is 2. The fourth-order valence-corrected chi connectivity index (χ4v) is 5.02. The average molecular weight is 649 g/mol. The summed E-state index contributed by atoms with van der Waals surface area (Å²) in [5.41, 5.74) is 0. The van der Waals surface area contributed by atoms with Crippen molar-refractivity contribution in [3.8, 4) is 0 Å². The SMILES string of the molecule is CCCCC/C=C\C/C=C\CCCCCCCCCCCC(=O)OC(CO)COP(=O)(O)OCC(CO)OC(=O)CCCC. The molecular formula is C33H61O10P. The van der Waals surface area contributed by atoms with Gasteiger partial charge in [-0.3, -0.25) is 18.6 Å². The number of phosphoric acid groups is 1. The van der Waals surface area contributed by atoms with Crippen LogP contribution in [0.25, 0.3) is 0 Å². The quantitative estimate of drug-likeness (QED) is 0.0299. The lowest BCUT2D eigenvalue weighted by atomic mass is 10.1. The van der Waals surface area contributed by atoms with Crippen molar-refractivity contribution in [1.82, 2.24) is 0 Å². The second kappa shape index (κ2) is 30.1. The fourth-order valence-electron chi connectivity index (χ4n) is 4.24. The molecule has 3 N–H and O–H groups in total. The summed E-state index contributed by atoms with van der Waals surface area (Å²) >= 11 is 0. The van der Waals surface area contributed by atoms with Crippen molar-refractivity contribution in [2.45, 2.75) is 148 Å². The molecule has 0 spiro atoms. The Morgan fingerprint density at radius 1 is 0.614 bits per heavy atom. The van der Waals surface area contributed by atoms with Crippen LogP contribution in [0.5, 0.6) is 0 Å². The van der Waals surface area contributed by atoms with E-state index < -0.39 is 58.4 Å². The van der Waals surface area contributed by atoms with Crippen molar-refractivity contribution in [2.75, 3.05) is 26.4 Å². The van der Waals surface area contributed by atoms with Gasteiger partial charge in [0.1, 0.15) is 12.2 Å². The summed E-state index contributed by atoms with van der Waals surface area (Å²) in [7, 11) is -4.60. The van der Waals surface area contributed by atoms with Gasteiger partial charge >= 0.3 is 19.8 Å². The molecule has 0 heterocycles. The van der Waals surface area contributed by atoms with E-state index in [4.69, 9.17) is 18.5 Å². The zero-order chi connectivity index (χ0) is 32.7. The highest BCUT2D eigenvalue weighted by Crippen LogP contribution is 2.43. The van der Waals surface area contributed by atoms with Crippen LogP contribution in [-0.2, 0) is 32.7 Å². The normalized spacial score (nSPS) is 14.6. The Labute approximate surface area is 266 Å². The number of hydrogen-bond donors (Lipinski definition) is 3. The molecule has 0 saturated heterocycles. The highest BCUT2D eigenvalue weighted by molar-refractivity contribution is 7.47. The van der Waals surface area contributed by atoms with Crippen LogP contribution in [0.3, 0.4) is 0 Å². The van der Waals surface area contributed by atoms with Gasteiger partial charge in [-0.2, -0.15) is 0 Å². The molecule has 0 bridgehead atoms. The van der Waals surface area contributed by atoms with Gasteiger partial charge in [0.25, 0.3) is 0 Å². The smallest absolute Gasteiger partial charge is 0.457 e. The first-order valence-electron chi connectivity index (χ1n) is 16.8. The number of unbranched alkanes of at least 4 members (excludes halogenated alkanes) is 13. The first-order valence-corrected chi connectivity index (χ1v) is 18.3. The molecule has 0 fully saturated rings. The standard InChI is InChI=1S/C33H61O10P/c1-3-5-7-8-9-10-11-12-13-14-15-16-17-18-19-20-21-22-23-25-33(37)43-31(27-35)29-41-44(38,39)40-28-30(26-34)42-32(36)24-6-4-2/h9-10,12-13,30-31,34-35H,3-8,11,14-29H2,1-2H3,(H,38,39)/b10-9-,13-12-. The van der Waals surface area contributed by atoms with Gasteiger partial charge in [0.05, 0.1) is 26.4 Å². The summed E-state index contributed by atoms with van der Waals surface area (Å²) in [5.74, 6) is -1.06. The number of phosphoric ester groups is 1. The summed E-state index contributed by atoms with van der Waals surface area (Å²) < 4.78 is 31.9. The van der Waals surface area contributed by atoms with Crippen LogP contribution in [0.2, 0.25) is 0 Å². The van der Waals surface area contributed by atoms with Crippen molar-refractivity contribution >= 4 is 19.8 Å². The Hall–Kier alpha value is -1.55. The zero-order valence-electron chi connectivity index (χ0n) is 27.4. The lowest BCUT2D eigenvalue weighted by molar-refractivity contribution is -0.153. The van der Waals surface area contributed by atoms with Gasteiger partial charge in [-0.25, -0.2) is 4.57 Å². The third-order valence-corrected chi connectivity index (χ3v) is 7.87. The number of esters is 2. The molecule has 10 nitrogen and oxygen atoms in total. The number of ether oxygens (including phenoxy) is 2. The van der Waals surface area contributed by atoms with E-state index in [2.05, 4.69) is 31.2 Å². The van der Waals surface area contributed by atoms with Crippen molar-refractivity contribution < 1.29 is 47.8 Å². The van der Waals surface area contributed by atoms with E-state index in [1.54, 1.807) is 0 Å². The number of allylic oxidation sites excluding steroid dienone is 4. The largest absolute Gasteiger partial charge is 0.472 e. The van der Waals surface area contributed by atoms with Crippen molar-refractivity contribution in [2.24, 2.45) is 0 Å². The van der Waals surface area contributed by atoms with Crippen molar-refractivity contribution in [1.29, 1.82) is 0 Å². The second-order valence-corrected chi connectivity index (χ2v) is 12.6. The molecule has 11 heteroatoms. The Kier molecular flexibility index (Phi) is 29.1. The Morgan fingerprint density at radius 3 is 1.48 bits per heavy atom. The molecule has 0 aliphatic heterocycles. The van der Waals surface area contributed by atoms with E-state index in [-0.39, 0.29) is 12.8 Å². The topological polar surface area (TPSA) is 149 Å². The first-order chi connectivity index (χ1) is 21.3. The molecule has 0 aromatic heterocycles. The molecule has 0 aromatic rings. The summed E-state index contributed by atoms with van der Waals surface area (Å²) in [6.07, 6.45) is 25.8. The van der Waals surface area contributed by atoms with Gasteiger partial charge in [-0.1, -0.05) is 102 Å². The van der Waals surface area contributed by atoms with Crippen LogP contribution in [0, 0.1) is 0 Å². The molecule has 3 unspecified atom stereocenters. The number of carbonyl (C=O) groups is 2. The maximum atomic E-state index is 12.1. The van der Waals surface area contributed by atoms with Crippen LogP contribution in [0.15, 0.2) is 24.3 Å². The number of aliphatic hydroxyl groups is 2. The first kappa shape index (κ1) is 42.5. The van der Waals surface area contributed by atoms with Crippen LogP contribution in [0.1, 0.15) is 136 Å². The average Bonchev–Trinajstić information content (AvgIpc) is 3.01. The predicted octanol–water partition coefficient (Wildman–Crippen LogP) is 7.49. The molecule has 0 rings (SSSR count). The van der Waals surface area contributed by atoms with Crippen molar-refractivity contribution in [3.63, 3.8) is 0 Å². The van der Waals surface area contributed by atoms with E-state index in [1.165, 1.54) is 57.8 Å². The highest BCUT2D eigenvalue weighted by atomic mass is 31.2. The Bertz CT molecular complexity index is 801. The van der Waals surface area contributed by atoms with Gasteiger partial charge in [-0.15, -0.1) is 0 Å². The minimum absolute atomic E-state index is 0.167. The molecule has 0 aliphatic carbocycles. The van der Waals surface area contributed by atoms with E-state index in [9.17, 15) is 29.3 Å². The monoisotopic (exact) mass is 648 g/mol. The molecular weight excluding hydrogens is 587 g/mol. The molecule has 44 heavy (non-hydrogen) atoms. The number of hydrogen-bond acceptors (Lipinski definition) is 9. The van der Waals surface area contributed by atoms with Gasteiger partial charge in [0, 0.05) is 12.8 Å². The summed E-state index contributed by atoms with van der Waals surface area (Å²) in [5, 5.41) is 18.8. The Morgan fingerprint density at radius 2 is 1.02 bits per heavy atom. The minimum atomic E-state index is -4.60. The molecule has 3 atom stereocenters. The maximum absolute atomic E-state index is 12.1. The van der Waals surface area contributed by atoms with Gasteiger partial charge < -0.3 is 24.6 Å². The minimum Gasteiger partial charge on any atom is -0.457 e. The van der Waals surface area contributed by atoms with E-state index in [0.717, 1.165) is 38.5 Å². The fraction of sp³-hybridized carbons (Fsp3) is 0.818. The van der Waals surface area contributed by atoms with Gasteiger partial charge in [-0.05, 0) is 44.9 Å². The maximum Gasteiger partial charge on any atom is 0.472 e. The third-order valence-electron chi connectivity index (χ3n) is 6.92. The van der Waals surface area contributed by atoms with Crippen LogP contribution in [0.4, 0.5) is 0 Å². The predicted molar refractivity (Wildman–Crippen MR) is 173 cm³/mol. The highest BCUT2D eigenvalue weighted by Gasteiger charge is 2.27. The second-order valence-electron chi connectivity index (χ2n) is 11.1. The van der Waals surface area contributed by atoms with Gasteiger partial charge in [0.15, 0.2) is 0 Å². The van der Waals surface area contributed by atoms with Crippen LogP contribution in [-0.4, -0.2) is 65.7 Å². The van der Waals surface area contributed by atoms with Gasteiger partial charge in [0.2, 0.25) is 0 Å². The Balaban J connectivity index is 3.85. The zero-order valence-corrected chi connectivity index (χ0v) is 28.3. The summed E-state index contributed by atoms with van der Waals surface area (Å²) in [6.45, 7) is 1.85. The van der Waals surface area contributed by atoms with Crippen LogP contribution < -0.4 is 0 Å². The lowest BCUT2D eigenvalue weighted by Gasteiger charge is -2.20. The number of rotatable bonds is 31. The molecule has 0 aromatic carbocycles. The summed E-state index contributed by atoms with van der Waals surface area (Å²) in [4.78, 5) is 33.6. The van der Waals surface area contributed by atoms with E-state index >= 15 is 0 Å². The molecule has 0 saturated carbocycles. The molecule has 0 amide bonds. The molecule has 0 radical (unpaired) electrons. The summed E-state index contributed by atoms with van der Waals surface area (Å²) in [6, 6.07) is 0. The lowest BCUT2D eigenvalue weighted by Crippen LogP contribution is -2.28. The van der Waals surface area contributed by atoms with Crippen LogP contribution >= 0.6 is 7.82 Å². The van der Waals surface area contributed by atoms with Crippen molar-refractivity contribution in [3.05, 3.63) is 24.3 Å². The molecule has 0 aliphatic rings. The molecule has 258 valence electrons. The third kappa shape index (κ3) is 28.0. The van der Waals surface area contributed by atoms with E-state index in [0.29, 0.717) is 12.8 Å².